The molecule has 0 aliphatic heterocycles. The van der Waals surface area contributed by atoms with Crippen LogP contribution in [0.15, 0.2) is 54.7 Å². The molecule has 11 heteroatoms. The number of hydrogen-bond donors (Lipinski definition) is 3. The Morgan fingerprint density at radius 1 is 1.06 bits per heavy atom. The van der Waals surface area contributed by atoms with Crippen LogP contribution in [0, 0.1) is 0 Å². The summed E-state index contributed by atoms with van der Waals surface area (Å²) in [5.74, 6) is -0.661. The van der Waals surface area contributed by atoms with Gasteiger partial charge in [-0.25, -0.2) is 4.68 Å². The fourth-order valence-corrected chi connectivity index (χ4v) is 3.27. The summed E-state index contributed by atoms with van der Waals surface area (Å²) in [7, 11) is 0. The smallest absolute Gasteiger partial charge is 0.406 e. The summed E-state index contributed by atoms with van der Waals surface area (Å²) in [6.45, 7) is 0.563. The van der Waals surface area contributed by atoms with E-state index in [4.69, 9.17) is 0 Å². The number of aryl methyl sites for hydroxylation is 1. The molecular formula is C22H23F3N4O4. The zero-order valence-electron chi connectivity index (χ0n) is 17.7. The lowest BCUT2D eigenvalue weighted by molar-refractivity contribution is -0.274. The average molecular weight is 464 g/mol. The molecule has 3 aromatic rings. The second-order valence-electron chi connectivity index (χ2n) is 7.56. The summed E-state index contributed by atoms with van der Waals surface area (Å²) >= 11 is 0. The third-order valence-corrected chi connectivity index (χ3v) is 5.02. The van der Waals surface area contributed by atoms with Gasteiger partial charge in [0.25, 0.3) is 0 Å². The molecule has 1 aromatic heterocycles. The molecule has 176 valence electrons. The molecule has 2 aromatic carbocycles. The first-order valence-corrected chi connectivity index (χ1v) is 10.0. The Hall–Kier alpha value is -3.44. The molecule has 8 nitrogen and oxygen atoms in total. The number of nitrogens with zero attached hydrogens (tertiary/aromatic N) is 3. The minimum absolute atomic E-state index is 0.327. The lowest BCUT2D eigenvalue weighted by atomic mass is 9.92. The molecule has 0 saturated heterocycles. The van der Waals surface area contributed by atoms with Crippen LogP contribution in [-0.2, 0) is 11.2 Å². The Bertz CT molecular complexity index is 1060. The van der Waals surface area contributed by atoms with E-state index in [1.54, 1.807) is 6.20 Å². The maximum atomic E-state index is 12.3. The minimum Gasteiger partial charge on any atom is -0.406 e. The Morgan fingerprint density at radius 3 is 2.24 bits per heavy atom. The normalized spacial score (nSPS) is 11.9. The number of amides is 1. The minimum atomic E-state index is -4.75. The first kappa shape index (κ1) is 24.2. The summed E-state index contributed by atoms with van der Waals surface area (Å²) in [6.07, 6.45) is -2.24. The third kappa shape index (κ3) is 6.53. The van der Waals surface area contributed by atoms with E-state index in [2.05, 4.69) is 20.4 Å². The Morgan fingerprint density at radius 2 is 1.70 bits per heavy atom. The molecule has 0 aliphatic rings. The van der Waals surface area contributed by atoms with Crippen molar-refractivity contribution in [1.82, 2.24) is 20.3 Å². The van der Waals surface area contributed by atoms with Crippen molar-refractivity contribution < 1.29 is 32.9 Å². The van der Waals surface area contributed by atoms with Crippen LogP contribution in [0.2, 0.25) is 0 Å². The molecule has 1 amide bonds. The number of rotatable bonds is 9. The molecule has 0 bridgehead atoms. The highest BCUT2D eigenvalue weighted by molar-refractivity contribution is 5.73. The van der Waals surface area contributed by atoms with Gasteiger partial charge in [-0.15, -0.1) is 18.3 Å². The topological polar surface area (TPSA) is 110 Å². The van der Waals surface area contributed by atoms with Crippen molar-refractivity contribution in [3.8, 4) is 22.7 Å². The standard InChI is InChI=1S/C22H23F3N4O4/c1-15(32)26-21(13-30,14-31)11-10-16-2-4-17(5-3-16)20-12-29(28-27-20)18-6-8-19(9-7-18)33-22(23,24)25/h2-9,12,30-31H,10-11,13-14H2,1H3,(H,26,32). The Labute approximate surface area is 187 Å². The zero-order valence-corrected chi connectivity index (χ0v) is 17.7. The zero-order chi connectivity index (χ0) is 24.1. The van der Waals surface area contributed by atoms with Crippen molar-refractivity contribution >= 4 is 5.91 Å². The van der Waals surface area contributed by atoms with E-state index in [9.17, 15) is 28.2 Å². The quantitative estimate of drug-likeness (QED) is 0.449. The van der Waals surface area contributed by atoms with Crippen LogP contribution in [0.4, 0.5) is 13.2 Å². The highest BCUT2D eigenvalue weighted by atomic mass is 19.4. The highest BCUT2D eigenvalue weighted by Gasteiger charge is 2.31. The number of aliphatic hydroxyl groups is 2. The van der Waals surface area contributed by atoms with Crippen LogP contribution in [-0.4, -0.2) is 56.2 Å². The summed E-state index contributed by atoms with van der Waals surface area (Å²) in [6, 6.07) is 12.7. The van der Waals surface area contributed by atoms with Gasteiger partial charge in [-0.2, -0.15) is 0 Å². The van der Waals surface area contributed by atoms with Gasteiger partial charge in [0.1, 0.15) is 11.4 Å². The Balaban J connectivity index is 1.67. The number of aromatic nitrogens is 3. The van der Waals surface area contributed by atoms with Crippen LogP contribution < -0.4 is 10.1 Å². The van der Waals surface area contributed by atoms with Crippen molar-refractivity contribution in [3.05, 3.63) is 60.3 Å². The van der Waals surface area contributed by atoms with Crippen LogP contribution in [0.5, 0.6) is 5.75 Å². The largest absolute Gasteiger partial charge is 0.573 e. The molecule has 0 spiro atoms. The van der Waals surface area contributed by atoms with E-state index in [1.165, 1.54) is 35.9 Å². The maximum absolute atomic E-state index is 12.3. The summed E-state index contributed by atoms with van der Waals surface area (Å²) in [5.41, 5.74) is 1.70. The molecule has 3 N–H and O–H groups in total. The van der Waals surface area contributed by atoms with Crippen LogP contribution in [0.25, 0.3) is 16.9 Å². The van der Waals surface area contributed by atoms with Crippen molar-refractivity contribution in [1.29, 1.82) is 0 Å². The second-order valence-corrected chi connectivity index (χ2v) is 7.56. The van der Waals surface area contributed by atoms with Crippen molar-refractivity contribution in [2.75, 3.05) is 13.2 Å². The van der Waals surface area contributed by atoms with Crippen LogP contribution in [0.1, 0.15) is 18.9 Å². The predicted molar refractivity (Wildman–Crippen MR) is 113 cm³/mol. The van der Waals surface area contributed by atoms with E-state index in [0.717, 1.165) is 11.1 Å². The fourth-order valence-electron chi connectivity index (χ4n) is 3.27. The molecule has 0 saturated carbocycles. The van der Waals surface area contributed by atoms with Gasteiger partial charge in [-0.1, -0.05) is 29.5 Å². The highest BCUT2D eigenvalue weighted by Crippen LogP contribution is 2.24. The number of benzene rings is 2. The van der Waals surface area contributed by atoms with Crippen LogP contribution >= 0.6 is 0 Å². The van der Waals surface area contributed by atoms with E-state index in [1.807, 2.05) is 24.3 Å². The number of ether oxygens (including phenoxy) is 1. The summed E-state index contributed by atoms with van der Waals surface area (Å²) < 4.78 is 42.2. The molecule has 0 unspecified atom stereocenters. The van der Waals surface area contributed by atoms with Gasteiger partial charge in [0, 0.05) is 12.5 Å². The molecule has 0 radical (unpaired) electrons. The van der Waals surface area contributed by atoms with Gasteiger partial charge in [0.15, 0.2) is 0 Å². The maximum Gasteiger partial charge on any atom is 0.573 e. The van der Waals surface area contributed by atoms with Gasteiger partial charge >= 0.3 is 6.36 Å². The van der Waals surface area contributed by atoms with Crippen molar-refractivity contribution in [3.63, 3.8) is 0 Å². The number of carbonyl (C=O) groups excluding carboxylic acids is 1. The van der Waals surface area contributed by atoms with Crippen molar-refractivity contribution in [2.45, 2.75) is 31.7 Å². The molecule has 33 heavy (non-hydrogen) atoms. The van der Waals surface area contributed by atoms with Gasteiger partial charge in [-0.05, 0) is 42.7 Å². The number of aliphatic hydroxyl groups excluding tert-OH is 2. The number of hydrogen-bond acceptors (Lipinski definition) is 6. The first-order valence-electron chi connectivity index (χ1n) is 10.0. The van der Waals surface area contributed by atoms with E-state index >= 15 is 0 Å². The van der Waals surface area contributed by atoms with Gasteiger partial charge in [-0.3, -0.25) is 4.79 Å². The van der Waals surface area contributed by atoms with Crippen molar-refractivity contribution in [2.24, 2.45) is 0 Å². The predicted octanol–water partition coefficient (Wildman–Crippen LogP) is 2.63. The van der Waals surface area contributed by atoms with E-state index < -0.39 is 11.9 Å². The SMILES string of the molecule is CC(=O)NC(CO)(CO)CCc1ccc(-c2cn(-c3ccc(OC(F)(F)F)cc3)nn2)cc1. The first-order chi connectivity index (χ1) is 15.6. The van der Waals surface area contributed by atoms with E-state index in [0.29, 0.717) is 24.2 Å². The Kier molecular flexibility index (Phi) is 7.34. The fraction of sp³-hybridized carbons (Fsp3) is 0.318. The second kappa shape index (κ2) is 10.0. The van der Waals surface area contributed by atoms with Gasteiger partial charge in [0.2, 0.25) is 5.91 Å². The lowest BCUT2D eigenvalue weighted by Gasteiger charge is -2.30. The lowest BCUT2D eigenvalue weighted by Crippen LogP contribution is -2.53. The van der Waals surface area contributed by atoms with Gasteiger partial charge in [0.05, 0.1) is 30.6 Å². The van der Waals surface area contributed by atoms with E-state index in [-0.39, 0.29) is 24.9 Å². The monoisotopic (exact) mass is 464 g/mol. The molecule has 3 rings (SSSR count). The number of carbonyl (C=O) groups is 1. The van der Waals surface area contributed by atoms with Crippen LogP contribution in [0.3, 0.4) is 0 Å². The molecule has 0 fully saturated rings. The number of alkyl halides is 3. The number of halogens is 3. The summed E-state index contributed by atoms with van der Waals surface area (Å²) in [5, 5.41) is 29.9. The molecule has 0 aliphatic carbocycles. The third-order valence-electron chi connectivity index (χ3n) is 5.02. The number of nitrogens with one attached hydrogen (secondary N) is 1. The summed E-state index contributed by atoms with van der Waals surface area (Å²) in [4.78, 5) is 11.4. The molecule has 1 heterocycles. The molecular weight excluding hydrogens is 441 g/mol. The average Bonchev–Trinajstić information content (AvgIpc) is 3.26. The molecule has 0 atom stereocenters. The van der Waals surface area contributed by atoms with Gasteiger partial charge < -0.3 is 20.3 Å².